The van der Waals surface area contributed by atoms with E-state index in [1.807, 2.05) is 19.1 Å². The highest BCUT2D eigenvalue weighted by atomic mass is 127. The summed E-state index contributed by atoms with van der Waals surface area (Å²) in [5.74, 6) is 0.816. The van der Waals surface area contributed by atoms with E-state index in [1.165, 1.54) is 10.4 Å². The third kappa shape index (κ3) is 6.76. The first kappa shape index (κ1) is 20.4. The van der Waals surface area contributed by atoms with Gasteiger partial charge in [0.1, 0.15) is 5.01 Å². The van der Waals surface area contributed by atoms with Crippen LogP contribution in [0.1, 0.15) is 28.1 Å². The second-order valence-corrected chi connectivity index (χ2v) is 7.13. The maximum atomic E-state index is 4.61. The Morgan fingerprint density at radius 2 is 1.91 bits per heavy atom. The van der Waals surface area contributed by atoms with Gasteiger partial charge < -0.3 is 10.6 Å². The van der Waals surface area contributed by atoms with E-state index in [0.29, 0.717) is 13.1 Å². The third-order valence-corrected chi connectivity index (χ3v) is 4.76. The highest BCUT2D eigenvalue weighted by Gasteiger charge is 2.04. The van der Waals surface area contributed by atoms with Gasteiger partial charge in [0.15, 0.2) is 5.96 Å². The predicted molar refractivity (Wildman–Crippen MR) is 113 cm³/mol. The molecule has 1 aromatic carbocycles. The number of aliphatic imine (C=N–C) groups is 1. The third-order valence-electron chi connectivity index (χ3n) is 3.16. The zero-order valence-corrected chi connectivity index (χ0v) is 18.3. The quantitative estimate of drug-likeness (QED) is 0.357. The molecule has 0 amide bonds. The van der Waals surface area contributed by atoms with Crippen LogP contribution in [0.25, 0.3) is 0 Å². The zero-order valence-electron chi connectivity index (χ0n) is 13.5. The van der Waals surface area contributed by atoms with Gasteiger partial charge in [0, 0.05) is 15.9 Å². The topological polar surface area (TPSA) is 49.3 Å². The molecular weight excluding hydrogens is 487 g/mol. The summed E-state index contributed by atoms with van der Waals surface area (Å²) in [5, 5.41) is 7.69. The zero-order chi connectivity index (χ0) is 15.9. The van der Waals surface area contributed by atoms with Gasteiger partial charge in [0.25, 0.3) is 0 Å². The van der Waals surface area contributed by atoms with Crippen LogP contribution in [0.5, 0.6) is 0 Å². The molecular formula is C16H22BrIN4S. The van der Waals surface area contributed by atoms with Gasteiger partial charge in [-0.1, -0.05) is 28.1 Å². The minimum Gasteiger partial charge on any atom is -0.357 e. The second-order valence-electron chi connectivity index (χ2n) is 4.92. The summed E-state index contributed by atoms with van der Waals surface area (Å²) in [6.07, 6.45) is 0. The van der Waals surface area contributed by atoms with Crippen molar-refractivity contribution in [2.75, 3.05) is 6.54 Å². The molecule has 0 fully saturated rings. The Morgan fingerprint density at radius 3 is 2.48 bits per heavy atom. The number of hydrogen-bond acceptors (Lipinski definition) is 3. The minimum atomic E-state index is 0. The number of thiazole rings is 1. The van der Waals surface area contributed by atoms with Crippen LogP contribution in [-0.4, -0.2) is 17.5 Å². The van der Waals surface area contributed by atoms with Crippen molar-refractivity contribution in [1.29, 1.82) is 0 Å². The first-order valence-corrected chi connectivity index (χ1v) is 8.89. The first-order chi connectivity index (χ1) is 10.6. The summed E-state index contributed by atoms with van der Waals surface area (Å²) in [6, 6.07) is 8.22. The van der Waals surface area contributed by atoms with Gasteiger partial charge in [-0.3, -0.25) is 0 Å². The number of aryl methyl sites for hydroxylation is 2. The van der Waals surface area contributed by atoms with Gasteiger partial charge in [-0.05, 0) is 38.5 Å². The Hall–Kier alpha value is -0.670. The molecule has 1 aromatic heterocycles. The van der Waals surface area contributed by atoms with E-state index in [4.69, 9.17) is 0 Å². The van der Waals surface area contributed by atoms with Crippen LogP contribution in [-0.2, 0) is 13.1 Å². The predicted octanol–water partition coefficient (Wildman–Crippen LogP) is 4.40. The molecule has 0 aliphatic rings. The molecule has 0 unspecified atom stereocenters. The number of benzene rings is 1. The molecule has 0 atom stereocenters. The Bertz CT molecular complexity index is 621. The van der Waals surface area contributed by atoms with E-state index in [-0.39, 0.29) is 24.0 Å². The van der Waals surface area contributed by atoms with Gasteiger partial charge in [0.2, 0.25) is 0 Å². The van der Waals surface area contributed by atoms with E-state index in [2.05, 4.69) is 62.5 Å². The van der Waals surface area contributed by atoms with Crippen molar-refractivity contribution >= 4 is 57.2 Å². The van der Waals surface area contributed by atoms with Crippen molar-refractivity contribution in [3.05, 3.63) is 49.9 Å². The average Bonchev–Trinajstić information content (AvgIpc) is 2.82. The lowest BCUT2D eigenvalue weighted by Crippen LogP contribution is -2.36. The Labute approximate surface area is 167 Å². The minimum absolute atomic E-state index is 0. The fraction of sp³-hybridized carbons (Fsp3) is 0.375. The lowest BCUT2D eigenvalue weighted by molar-refractivity contribution is 0.809. The second kappa shape index (κ2) is 10.2. The monoisotopic (exact) mass is 508 g/mol. The highest BCUT2D eigenvalue weighted by molar-refractivity contribution is 14.0. The molecule has 0 aliphatic carbocycles. The van der Waals surface area contributed by atoms with Crippen molar-refractivity contribution in [2.24, 2.45) is 4.99 Å². The van der Waals surface area contributed by atoms with Gasteiger partial charge in [-0.25, -0.2) is 9.98 Å². The summed E-state index contributed by atoms with van der Waals surface area (Å²) in [7, 11) is 0. The fourth-order valence-corrected chi connectivity index (χ4v) is 3.01. The Morgan fingerprint density at radius 1 is 1.22 bits per heavy atom. The summed E-state index contributed by atoms with van der Waals surface area (Å²) < 4.78 is 1.08. The van der Waals surface area contributed by atoms with Gasteiger partial charge in [-0.15, -0.1) is 35.3 Å². The largest absolute Gasteiger partial charge is 0.357 e. The lowest BCUT2D eigenvalue weighted by Gasteiger charge is -2.10. The summed E-state index contributed by atoms with van der Waals surface area (Å²) in [6.45, 7) is 8.39. The van der Waals surface area contributed by atoms with Crippen molar-refractivity contribution in [2.45, 2.75) is 33.9 Å². The number of guanidine groups is 1. The number of hydrogen-bond donors (Lipinski definition) is 2. The van der Waals surface area contributed by atoms with E-state index >= 15 is 0 Å². The molecule has 0 aliphatic heterocycles. The molecule has 0 saturated carbocycles. The Balaban J connectivity index is 0.00000264. The molecule has 1 heterocycles. The van der Waals surface area contributed by atoms with Crippen LogP contribution < -0.4 is 10.6 Å². The molecule has 126 valence electrons. The van der Waals surface area contributed by atoms with Crippen LogP contribution in [0.2, 0.25) is 0 Å². The summed E-state index contributed by atoms with van der Waals surface area (Å²) in [5.41, 5.74) is 2.29. The number of rotatable bonds is 5. The molecule has 23 heavy (non-hydrogen) atoms. The van der Waals surface area contributed by atoms with Crippen molar-refractivity contribution in [1.82, 2.24) is 15.6 Å². The fourth-order valence-electron chi connectivity index (χ4n) is 1.88. The molecule has 0 radical (unpaired) electrons. The van der Waals surface area contributed by atoms with E-state index in [1.54, 1.807) is 11.3 Å². The van der Waals surface area contributed by atoms with Crippen molar-refractivity contribution < 1.29 is 0 Å². The van der Waals surface area contributed by atoms with Crippen LogP contribution in [0.4, 0.5) is 0 Å². The highest BCUT2D eigenvalue weighted by Crippen LogP contribution is 2.16. The number of halogens is 2. The van der Waals surface area contributed by atoms with Crippen LogP contribution >= 0.6 is 51.2 Å². The van der Waals surface area contributed by atoms with Gasteiger partial charge >= 0.3 is 0 Å². The SMILES string of the molecule is CCNC(=NCc1ccc(Br)cc1)NCc1nc(C)c(C)s1.I. The number of nitrogens with zero attached hydrogens (tertiary/aromatic N) is 2. The molecule has 2 aromatic rings. The van der Waals surface area contributed by atoms with Crippen molar-refractivity contribution in [3.63, 3.8) is 0 Å². The van der Waals surface area contributed by atoms with Crippen LogP contribution in [0.15, 0.2) is 33.7 Å². The van der Waals surface area contributed by atoms with Crippen molar-refractivity contribution in [3.8, 4) is 0 Å². The van der Waals surface area contributed by atoms with E-state index in [0.717, 1.165) is 27.7 Å². The number of aromatic nitrogens is 1. The lowest BCUT2D eigenvalue weighted by atomic mass is 10.2. The summed E-state index contributed by atoms with van der Waals surface area (Å²) >= 11 is 5.17. The maximum Gasteiger partial charge on any atom is 0.191 e. The molecule has 0 spiro atoms. The maximum absolute atomic E-state index is 4.61. The van der Waals surface area contributed by atoms with Gasteiger partial charge in [0.05, 0.1) is 18.8 Å². The van der Waals surface area contributed by atoms with Gasteiger partial charge in [-0.2, -0.15) is 0 Å². The molecule has 2 N–H and O–H groups in total. The van der Waals surface area contributed by atoms with E-state index < -0.39 is 0 Å². The molecule has 7 heteroatoms. The Kier molecular flexibility index (Phi) is 9.08. The summed E-state index contributed by atoms with van der Waals surface area (Å²) in [4.78, 5) is 10.4. The molecule has 0 bridgehead atoms. The molecule has 0 saturated heterocycles. The molecule has 4 nitrogen and oxygen atoms in total. The number of nitrogens with one attached hydrogen (secondary N) is 2. The van der Waals surface area contributed by atoms with E-state index in [9.17, 15) is 0 Å². The standard InChI is InChI=1S/C16H21BrN4S.HI/c1-4-18-16(19-9-13-5-7-14(17)8-6-13)20-10-15-21-11(2)12(3)22-15;/h5-8H,4,9-10H2,1-3H3,(H2,18,19,20);1H. The smallest absolute Gasteiger partial charge is 0.191 e. The van der Waals surface area contributed by atoms with Crippen LogP contribution in [0, 0.1) is 13.8 Å². The van der Waals surface area contributed by atoms with Crippen LogP contribution in [0.3, 0.4) is 0 Å². The normalized spacial score (nSPS) is 11.0. The first-order valence-electron chi connectivity index (χ1n) is 7.28. The molecule has 2 rings (SSSR count). The average molecular weight is 509 g/mol.